The van der Waals surface area contributed by atoms with Crippen molar-refractivity contribution in [1.29, 1.82) is 0 Å². The minimum atomic E-state index is -0.834. The van der Waals surface area contributed by atoms with Gasteiger partial charge in [-0.05, 0) is 22.6 Å². The molecular weight excluding hydrogens is 247 g/mol. The summed E-state index contributed by atoms with van der Waals surface area (Å²) >= 11 is 1.98. The number of nitrogens with zero attached hydrogens (tertiary/aromatic N) is 1. The van der Waals surface area contributed by atoms with Crippen molar-refractivity contribution >= 4 is 28.6 Å². The number of hydrogen-bond donors (Lipinski definition) is 2. The lowest BCUT2D eigenvalue weighted by Gasteiger charge is -1.88. The van der Waals surface area contributed by atoms with Crippen molar-refractivity contribution in [2.24, 2.45) is 0 Å². The van der Waals surface area contributed by atoms with Crippen LogP contribution in [-0.2, 0) is 11.2 Å². The maximum absolute atomic E-state index is 10.2. The standard InChI is InChI=1S/C5H5IN2O2/c6-5-3(1-4(9)10)2-7-8-5/h2H,1H2,(H,7,8)(H,9,10). The van der Waals surface area contributed by atoms with Gasteiger partial charge < -0.3 is 5.11 Å². The van der Waals surface area contributed by atoms with Crippen molar-refractivity contribution in [2.45, 2.75) is 6.42 Å². The van der Waals surface area contributed by atoms with Gasteiger partial charge in [-0.25, -0.2) is 0 Å². The summed E-state index contributed by atoms with van der Waals surface area (Å²) in [4.78, 5) is 10.2. The van der Waals surface area contributed by atoms with Crippen LogP contribution in [0.15, 0.2) is 6.20 Å². The fraction of sp³-hybridized carbons (Fsp3) is 0.200. The molecule has 0 bridgehead atoms. The molecule has 1 rings (SSSR count). The molecule has 4 nitrogen and oxygen atoms in total. The molecule has 0 aliphatic carbocycles. The second-order valence-corrected chi connectivity index (χ2v) is 2.79. The first-order valence-electron chi connectivity index (χ1n) is 2.60. The molecule has 0 unspecified atom stereocenters. The van der Waals surface area contributed by atoms with Gasteiger partial charge in [0.1, 0.15) is 3.70 Å². The Bertz CT molecular complexity index is 246. The van der Waals surface area contributed by atoms with Crippen LogP contribution in [0.4, 0.5) is 0 Å². The molecule has 0 aromatic carbocycles. The van der Waals surface area contributed by atoms with E-state index < -0.39 is 5.97 Å². The third kappa shape index (κ3) is 1.69. The average molecular weight is 252 g/mol. The third-order valence-corrected chi connectivity index (χ3v) is 1.94. The maximum atomic E-state index is 10.2. The van der Waals surface area contributed by atoms with Crippen molar-refractivity contribution in [3.05, 3.63) is 15.5 Å². The van der Waals surface area contributed by atoms with Gasteiger partial charge in [0.15, 0.2) is 0 Å². The van der Waals surface area contributed by atoms with E-state index in [0.717, 1.165) is 9.26 Å². The van der Waals surface area contributed by atoms with Crippen LogP contribution in [0.3, 0.4) is 0 Å². The molecule has 0 fully saturated rings. The van der Waals surface area contributed by atoms with E-state index >= 15 is 0 Å². The summed E-state index contributed by atoms with van der Waals surface area (Å²) < 4.78 is 0.722. The van der Waals surface area contributed by atoms with E-state index in [0.29, 0.717) is 0 Å². The molecule has 5 heteroatoms. The molecule has 0 saturated heterocycles. The highest BCUT2D eigenvalue weighted by Crippen LogP contribution is 2.07. The van der Waals surface area contributed by atoms with E-state index in [9.17, 15) is 4.79 Å². The van der Waals surface area contributed by atoms with Gasteiger partial charge in [0.05, 0.1) is 6.42 Å². The highest BCUT2D eigenvalue weighted by Gasteiger charge is 2.05. The van der Waals surface area contributed by atoms with Gasteiger partial charge in [-0.3, -0.25) is 9.89 Å². The Balaban J connectivity index is 2.74. The number of aromatic amines is 1. The molecule has 0 amide bonds. The van der Waals surface area contributed by atoms with Crippen LogP contribution in [0.25, 0.3) is 0 Å². The largest absolute Gasteiger partial charge is 0.481 e. The smallest absolute Gasteiger partial charge is 0.307 e. The van der Waals surface area contributed by atoms with Gasteiger partial charge in [0.25, 0.3) is 0 Å². The van der Waals surface area contributed by atoms with Gasteiger partial charge in [0, 0.05) is 11.8 Å². The molecule has 0 atom stereocenters. The second kappa shape index (κ2) is 3.00. The lowest BCUT2D eigenvalue weighted by Crippen LogP contribution is -1.99. The lowest BCUT2D eigenvalue weighted by atomic mass is 10.3. The summed E-state index contributed by atoms with van der Waals surface area (Å²) in [6, 6.07) is 0. The molecule has 2 N–H and O–H groups in total. The summed E-state index contributed by atoms with van der Waals surface area (Å²) in [5.74, 6) is -0.834. The molecule has 1 aromatic heterocycles. The summed E-state index contributed by atoms with van der Waals surface area (Å²) in [6.07, 6.45) is 1.63. The predicted molar refractivity (Wildman–Crippen MR) is 42.6 cm³/mol. The van der Waals surface area contributed by atoms with Crippen LogP contribution in [0.5, 0.6) is 0 Å². The summed E-state index contributed by atoms with van der Waals surface area (Å²) in [5, 5.41) is 14.7. The van der Waals surface area contributed by atoms with Gasteiger partial charge in [-0.1, -0.05) is 0 Å². The summed E-state index contributed by atoms with van der Waals surface area (Å²) in [7, 11) is 0. The van der Waals surface area contributed by atoms with Gasteiger partial charge in [-0.2, -0.15) is 5.10 Å². The van der Waals surface area contributed by atoms with Crippen LogP contribution in [0.1, 0.15) is 5.56 Å². The molecule has 0 aliphatic heterocycles. The molecule has 54 valence electrons. The topological polar surface area (TPSA) is 66.0 Å². The number of hydrogen-bond acceptors (Lipinski definition) is 2. The monoisotopic (exact) mass is 252 g/mol. The molecule has 0 aliphatic rings. The third-order valence-electron chi connectivity index (χ3n) is 1.01. The highest BCUT2D eigenvalue weighted by molar-refractivity contribution is 14.1. The van der Waals surface area contributed by atoms with Crippen LogP contribution in [-0.4, -0.2) is 21.3 Å². The van der Waals surface area contributed by atoms with Crippen LogP contribution < -0.4 is 0 Å². The average Bonchev–Trinajstić information content (AvgIpc) is 2.15. The first-order chi connectivity index (χ1) is 4.70. The fourth-order valence-corrected chi connectivity index (χ4v) is 1.07. The molecule has 0 radical (unpaired) electrons. The highest BCUT2D eigenvalue weighted by atomic mass is 127. The lowest BCUT2D eigenvalue weighted by molar-refractivity contribution is -0.136. The predicted octanol–water partition coefficient (Wildman–Crippen LogP) is 0.641. The normalized spacial score (nSPS) is 9.70. The number of halogens is 1. The summed E-state index contributed by atoms with van der Waals surface area (Å²) in [6.45, 7) is 0. The van der Waals surface area contributed by atoms with E-state index in [1.807, 2.05) is 22.6 Å². The molecule has 10 heavy (non-hydrogen) atoms. The van der Waals surface area contributed by atoms with Crippen LogP contribution >= 0.6 is 22.6 Å². The molecule has 1 aromatic rings. The maximum Gasteiger partial charge on any atom is 0.307 e. The number of aromatic nitrogens is 2. The van der Waals surface area contributed by atoms with E-state index in [4.69, 9.17) is 5.11 Å². The minimum Gasteiger partial charge on any atom is -0.481 e. The van der Waals surface area contributed by atoms with E-state index in [1.54, 1.807) is 6.20 Å². The molecule has 0 spiro atoms. The molecule has 0 saturated carbocycles. The van der Waals surface area contributed by atoms with Crippen LogP contribution in [0.2, 0.25) is 0 Å². The Morgan fingerprint density at radius 2 is 2.60 bits per heavy atom. The number of carbonyl (C=O) groups is 1. The Labute approximate surface area is 70.8 Å². The minimum absolute atomic E-state index is 0.0365. The quantitative estimate of drug-likeness (QED) is 0.759. The number of carboxylic acid groups (broad SMARTS) is 1. The van der Waals surface area contributed by atoms with Gasteiger partial charge >= 0.3 is 5.97 Å². The second-order valence-electron chi connectivity index (χ2n) is 1.77. The van der Waals surface area contributed by atoms with Crippen LogP contribution in [0, 0.1) is 3.70 Å². The van der Waals surface area contributed by atoms with E-state index in [-0.39, 0.29) is 6.42 Å². The van der Waals surface area contributed by atoms with Crippen molar-refractivity contribution < 1.29 is 9.90 Å². The Hall–Kier alpha value is -0.590. The van der Waals surface area contributed by atoms with Crippen molar-refractivity contribution in [1.82, 2.24) is 10.2 Å². The SMILES string of the molecule is O=C(O)Cc1c[nH]nc1I. The number of nitrogens with one attached hydrogen (secondary N) is 1. The number of rotatable bonds is 2. The first kappa shape index (κ1) is 7.52. The Morgan fingerprint density at radius 1 is 1.90 bits per heavy atom. The van der Waals surface area contributed by atoms with E-state index in [2.05, 4.69) is 10.2 Å². The zero-order chi connectivity index (χ0) is 7.56. The zero-order valence-corrected chi connectivity index (χ0v) is 7.12. The fourth-order valence-electron chi connectivity index (χ4n) is 0.585. The Kier molecular flexibility index (Phi) is 2.25. The molecule has 1 heterocycles. The number of H-pyrrole nitrogens is 1. The van der Waals surface area contributed by atoms with Gasteiger partial charge in [0.2, 0.25) is 0 Å². The zero-order valence-electron chi connectivity index (χ0n) is 4.97. The first-order valence-corrected chi connectivity index (χ1v) is 3.68. The molecular formula is C5H5IN2O2. The van der Waals surface area contributed by atoms with E-state index in [1.165, 1.54) is 0 Å². The van der Waals surface area contributed by atoms with Gasteiger partial charge in [-0.15, -0.1) is 0 Å². The van der Waals surface area contributed by atoms with Crippen molar-refractivity contribution in [3.8, 4) is 0 Å². The number of aliphatic carboxylic acids is 1. The Morgan fingerprint density at radius 3 is 3.00 bits per heavy atom. The summed E-state index contributed by atoms with van der Waals surface area (Å²) in [5.41, 5.74) is 0.730. The van der Waals surface area contributed by atoms with Crippen molar-refractivity contribution in [2.75, 3.05) is 0 Å². The van der Waals surface area contributed by atoms with Crippen molar-refractivity contribution in [3.63, 3.8) is 0 Å². The number of carboxylic acids is 1.